The largest absolute Gasteiger partial charge is 0.312 e. The summed E-state index contributed by atoms with van der Waals surface area (Å²) < 4.78 is 3.23. The first-order valence-corrected chi connectivity index (χ1v) is 7.44. The maximum absolute atomic E-state index is 4.41. The lowest BCUT2D eigenvalue weighted by atomic mass is 9.96. The summed E-state index contributed by atoms with van der Waals surface area (Å²) >= 11 is 3.63. The topological polar surface area (TPSA) is 29.9 Å². The molecule has 1 unspecified atom stereocenters. The standard InChI is InChI=1S/C13H22BrN3/c1-3-17-13(11(14)9-16-17)12(15-2)8-10-6-4-5-7-10/h9-10,12,15H,3-8H2,1-2H3. The quantitative estimate of drug-likeness (QED) is 0.902. The van der Waals surface area contributed by atoms with E-state index in [1.54, 1.807) is 0 Å². The molecule has 0 spiro atoms. The smallest absolute Gasteiger partial charge is 0.0695 e. The first kappa shape index (κ1) is 13.1. The molecule has 1 saturated carbocycles. The number of hydrogen-bond acceptors (Lipinski definition) is 2. The SMILES string of the molecule is CCn1ncc(Br)c1C(CC1CCCC1)NC. The summed E-state index contributed by atoms with van der Waals surface area (Å²) in [5.74, 6) is 0.888. The molecule has 3 nitrogen and oxygen atoms in total. The Morgan fingerprint density at radius 3 is 2.82 bits per heavy atom. The van der Waals surface area contributed by atoms with E-state index >= 15 is 0 Å². The van der Waals surface area contributed by atoms with E-state index < -0.39 is 0 Å². The summed E-state index contributed by atoms with van der Waals surface area (Å²) in [6.45, 7) is 3.08. The lowest BCUT2D eigenvalue weighted by Crippen LogP contribution is -2.22. The Hall–Kier alpha value is -0.350. The maximum Gasteiger partial charge on any atom is 0.0695 e. The molecule has 1 N–H and O–H groups in total. The summed E-state index contributed by atoms with van der Waals surface area (Å²) in [6.07, 6.45) is 8.77. The Balaban J connectivity index is 2.12. The monoisotopic (exact) mass is 299 g/mol. The molecule has 0 aromatic carbocycles. The molecule has 1 fully saturated rings. The van der Waals surface area contributed by atoms with Crippen LogP contribution in [0.15, 0.2) is 10.7 Å². The van der Waals surface area contributed by atoms with E-state index in [2.05, 4.69) is 45.0 Å². The number of nitrogens with one attached hydrogen (secondary N) is 1. The molecule has 96 valence electrons. The van der Waals surface area contributed by atoms with Gasteiger partial charge < -0.3 is 5.32 Å². The van der Waals surface area contributed by atoms with Crippen molar-refractivity contribution in [3.05, 3.63) is 16.4 Å². The van der Waals surface area contributed by atoms with Crippen molar-refractivity contribution in [3.63, 3.8) is 0 Å². The third-order valence-electron chi connectivity index (χ3n) is 3.86. The number of nitrogens with zero attached hydrogens (tertiary/aromatic N) is 2. The third-order valence-corrected chi connectivity index (χ3v) is 4.47. The van der Waals surface area contributed by atoms with Crippen molar-refractivity contribution in [1.82, 2.24) is 15.1 Å². The molecule has 0 saturated heterocycles. The molecule has 0 bridgehead atoms. The van der Waals surface area contributed by atoms with Gasteiger partial charge in [0.15, 0.2) is 0 Å². The second-order valence-corrected chi connectivity index (χ2v) is 5.78. The normalized spacial score (nSPS) is 18.8. The van der Waals surface area contributed by atoms with Crippen molar-refractivity contribution in [2.75, 3.05) is 7.05 Å². The van der Waals surface area contributed by atoms with Crippen molar-refractivity contribution < 1.29 is 0 Å². The summed E-state index contributed by atoms with van der Waals surface area (Å²) in [7, 11) is 2.05. The second kappa shape index (κ2) is 6.01. The number of hydrogen-bond donors (Lipinski definition) is 1. The van der Waals surface area contributed by atoms with Gasteiger partial charge in [0.05, 0.1) is 22.4 Å². The highest BCUT2D eigenvalue weighted by molar-refractivity contribution is 9.10. The molecule has 1 aliphatic rings. The van der Waals surface area contributed by atoms with Gasteiger partial charge >= 0.3 is 0 Å². The molecule has 0 aliphatic heterocycles. The number of aromatic nitrogens is 2. The van der Waals surface area contributed by atoms with Crippen LogP contribution in [-0.4, -0.2) is 16.8 Å². The van der Waals surface area contributed by atoms with Crippen molar-refractivity contribution in [2.24, 2.45) is 5.92 Å². The average Bonchev–Trinajstić information content (AvgIpc) is 2.95. The lowest BCUT2D eigenvalue weighted by Gasteiger charge is -2.21. The number of rotatable bonds is 5. The summed E-state index contributed by atoms with van der Waals surface area (Å²) in [6, 6.07) is 0.426. The minimum absolute atomic E-state index is 0.426. The first-order chi connectivity index (χ1) is 8.26. The van der Waals surface area contributed by atoms with Gasteiger partial charge in [0, 0.05) is 6.54 Å². The third kappa shape index (κ3) is 2.91. The predicted octanol–water partition coefficient (Wildman–Crippen LogP) is 3.51. The van der Waals surface area contributed by atoms with Crippen LogP contribution >= 0.6 is 15.9 Å². The Morgan fingerprint density at radius 2 is 2.24 bits per heavy atom. The van der Waals surface area contributed by atoms with E-state index in [1.807, 2.05) is 6.20 Å². The highest BCUT2D eigenvalue weighted by Crippen LogP contribution is 2.34. The Bertz CT molecular complexity index is 356. The van der Waals surface area contributed by atoms with E-state index in [0.717, 1.165) is 16.9 Å². The Labute approximate surface area is 112 Å². The van der Waals surface area contributed by atoms with Gasteiger partial charge in [-0.2, -0.15) is 5.10 Å². The Kier molecular flexibility index (Phi) is 4.62. The lowest BCUT2D eigenvalue weighted by molar-refractivity contribution is 0.392. The van der Waals surface area contributed by atoms with Crippen molar-refractivity contribution in [1.29, 1.82) is 0 Å². The van der Waals surface area contributed by atoms with Crippen molar-refractivity contribution in [3.8, 4) is 0 Å². The molecule has 0 amide bonds. The highest BCUT2D eigenvalue weighted by Gasteiger charge is 2.24. The van der Waals surface area contributed by atoms with Crippen LogP contribution in [-0.2, 0) is 6.54 Å². The van der Waals surface area contributed by atoms with Gasteiger partial charge in [-0.25, -0.2) is 0 Å². The fraction of sp³-hybridized carbons (Fsp3) is 0.769. The molecule has 17 heavy (non-hydrogen) atoms. The molecular formula is C13H22BrN3. The minimum Gasteiger partial charge on any atom is -0.312 e. The summed E-state index contributed by atoms with van der Waals surface area (Å²) in [5, 5.41) is 7.86. The fourth-order valence-electron chi connectivity index (χ4n) is 2.92. The summed E-state index contributed by atoms with van der Waals surface area (Å²) in [5.41, 5.74) is 1.31. The van der Waals surface area contributed by atoms with Crippen LogP contribution in [0.25, 0.3) is 0 Å². The van der Waals surface area contributed by atoms with Crippen LogP contribution in [0, 0.1) is 5.92 Å². The van der Waals surface area contributed by atoms with Gasteiger partial charge in [-0.3, -0.25) is 4.68 Å². The molecule has 1 heterocycles. The minimum atomic E-state index is 0.426. The predicted molar refractivity (Wildman–Crippen MR) is 74.0 cm³/mol. The van der Waals surface area contributed by atoms with Gasteiger partial charge in [0.1, 0.15) is 0 Å². The van der Waals surface area contributed by atoms with Crippen molar-refractivity contribution >= 4 is 15.9 Å². The van der Waals surface area contributed by atoms with Crippen LogP contribution in [0.4, 0.5) is 0 Å². The maximum atomic E-state index is 4.41. The van der Waals surface area contributed by atoms with Crippen LogP contribution < -0.4 is 5.32 Å². The van der Waals surface area contributed by atoms with Crippen LogP contribution in [0.5, 0.6) is 0 Å². The highest BCUT2D eigenvalue weighted by atomic mass is 79.9. The van der Waals surface area contributed by atoms with Gasteiger partial charge in [0.2, 0.25) is 0 Å². The second-order valence-electron chi connectivity index (χ2n) is 4.92. The van der Waals surface area contributed by atoms with Crippen LogP contribution in [0.3, 0.4) is 0 Å². The van der Waals surface area contributed by atoms with Gasteiger partial charge in [-0.1, -0.05) is 25.7 Å². The van der Waals surface area contributed by atoms with E-state index in [9.17, 15) is 0 Å². The van der Waals surface area contributed by atoms with Gasteiger partial charge in [-0.15, -0.1) is 0 Å². The number of aryl methyl sites for hydroxylation is 1. The molecule has 4 heteroatoms. The number of halogens is 1. The van der Waals surface area contributed by atoms with E-state index in [0.29, 0.717) is 6.04 Å². The van der Waals surface area contributed by atoms with E-state index in [1.165, 1.54) is 37.8 Å². The zero-order valence-corrected chi connectivity index (χ0v) is 12.3. The Morgan fingerprint density at radius 1 is 1.53 bits per heavy atom. The van der Waals surface area contributed by atoms with Gasteiger partial charge in [0.25, 0.3) is 0 Å². The molecular weight excluding hydrogens is 278 g/mol. The van der Waals surface area contributed by atoms with Crippen LogP contribution in [0.2, 0.25) is 0 Å². The molecule has 0 radical (unpaired) electrons. The molecule has 1 aromatic heterocycles. The van der Waals surface area contributed by atoms with Crippen molar-refractivity contribution in [2.45, 2.75) is 51.6 Å². The molecule has 2 rings (SSSR count). The zero-order valence-electron chi connectivity index (χ0n) is 10.7. The first-order valence-electron chi connectivity index (χ1n) is 6.64. The average molecular weight is 300 g/mol. The van der Waals surface area contributed by atoms with E-state index in [-0.39, 0.29) is 0 Å². The molecule has 1 atom stereocenters. The zero-order chi connectivity index (χ0) is 12.3. The molecule has 1 aromatic rings. The fourth-order valence-corrected chi connectivity index (χ4v) is 3.49. The van der Waals surface area contributed by atoms with Gasteiger partial charge in [-0.05, 0) is 42.2 Å². The summed E-state index contributed by atoms with van der Waals surface area (Å²) in [4.78, 5) is 0. The van der Waals surface area contributed by atoms with Crippen LogP contribution in [0.1, 0.15) is 50.8 Å². The van der Waals surface area contributed by atoms with E-state index in [4.69, 9.17) is 0 Å². The molecule has 1 aliphatic carbocycles.